The predicted molar refractivity (Wildman–Crippen MR) is 382 cm³/mol. The zero-order valence-electron chi connectivity index (χ0n) is 57.2. The number of hydrogen-bond acceptors (Lipinski definition) is 13. The van der Waals surface area contributed by atoms with E-state index in [1.54, 1.807) is 18.2 Å². The molecule has 1 N–H and O–H groups in total. The summed E-state index contributed by atoms with van der Waals surface area (Å²) in [6.07, 6.45) is 0. The molecule has 0 unspecified atom stereocenters. The number of ketones is 2. The van der Waals surface area contributed by atoms with E-state index in [4.69, 9.17) is 14.1 Å². The molecule has 1 radical (unpaired) electrons. The van der Waals surface area contributed by atoms with Crippen molar-refractivity contribution in [3.05, 3.63) is 214 Å². The normalized spacial score (nSPS) is 13.0. The fraction of sp³-hybridized carbons (Fsp3) is 0.321. The number of aliphatic hydroxyl groups is 1. The van der Waals surface area contributed by atoms with Crippen LogP contribution in [0.1, 0.15) is 148 Å². The van der Waals surface area contributed by atoms with Crippen molar-refractivity contribution in [2.45, 2.75) is 88.6 Å². The second kappa shape index (κ2) is 32.6. The minimum Gasteiger partial charge on any atom is -0.493 e. The summed E-state index contributed by atoms with van der Waals surface area (Å²) in [5.74, 6) is 2.01. The van der Waals surface area contributed by atoms with Crippen LogP contribution >= 0.6 is 0 Å². The smallest absolute Gasteiger partial charge is 0.493 e. The van der Waals surface area contributed by atoms with Crippen molar-refractivity contribution in [1.82, 2.24) is 19.4 Å². The van der Waals surface area contributed by atoms with Gasteiger partial charge in [0.1, 0.15) is 52.9 Å². The molecule has 0 saturated carbocycles. The Morgan fingerprint density at radius 3 is 1.56 bits per heavy atom. The molecule has 4 aliphatic rings. The van der Waals surface area contributed by atoms with Crippen LogP contribution in [0.25, 0.3) is 33.4 Å². The van der Waals surface area contributed by atoms with Crippen LogP contribution in [0.2, 0.25) is 0 Å². The molecule has 1 spiro atoms. The molecule has 0 atom stereocenters. The van der Waals surface area contributed by atoms with Gasteiger partial charge in [0.15, 0.2) is 11.6 Å². The van der Waals surface area contributed by atoms with Gasteiger partial charge >= 0.3 is 17.1 Å². The fourth-order valence-corrected chi connectivity index (χ4v) is 13.1. The van der Waals surface area contributed by atoms with Gasteiger partial charge in [-0.05, 0) is 147 Å². The average molecular weight is 1370 g/mol. The standard InChI is InChI=1S/2C39H43N5O3.2Fe/c1-7-42(8-2)28-18-20-32-36(24-28)47-37-25-29(43(9-3)10-4)19-21-33(37)39(32)31-15-12-11-14-30(31)38(46)44(39)23-22-40-26(5)34-16-13-17-35(41-34)27(6)45;1-7-43(8-2)28-18-20-32-36(24-28)47-37-25-29(44(9-3)10-4)19-21-33(37)38(32)30-14-11-12-15-31(30)39(46)41-23-22-40-26(5)34-16-13-17-35(42-34)27(6)45;;/h2*11-21,24-25H,7-10,22-23H2,1-6H3;;/q;;;+3/p+1. The molecule has 0 bridgehead atoms. The number of anilines is 3. The second-order valence-electron chi connectivity index (χ2n) is 23.3. The number of benzene rings is 6. The monoisotopic (exact) mass is 1370 g/mol. The van der Waals surface area contributed by atoms with E-state index < -0.39 is 5.54 Å². The number of aliphatic hydroxyl groups excluding tert-OH is 1. The maximum absolute atomic E-state index is 14.5. The number of hydrogen-bond donors (Lipinski definition) is 1. The number of fused-ring (bicyclic) bond motifs is 8. The minimum atomic E-state index is -0.906. The molecular formula is C78H87Fe2N10O6+4. The number of ether oxygens (including phenoxy) is 1. The maximum atomic E-state index is 14.5. The quantitative estimate of drug-likeness (QED) is 0.0123. The van der Waals surface area contributed by atoms with E-state index in [1.165, 1.54) is 13.8 Å². The van der Waals surface area contributed by atoms with Crippen LogP contribution in [0.5, 0.6) is 11.5 Å². The summed E-state index contributed by atoms with van der Waals surface area (Å²) in [5, 5.41) is 13.4. The van der Waals surface area contributed by atoms with Gasteiger partial charge in [0, 0.05) is 157 Å². The van der Waals surface area contributed by atoms with Crippen molar-refractivity contribution < 1.29 is 62.8 Å². The summed E-state index contributed by atoms with van der Waals surface area (Å²) in [4.78, 5) is 69.9. The molecule has 16 nitrogen and oxygen atoms in total. The van der Waals surface area contributed by atoms with Gasteiger partial charge in [-0.15, -0.1) is 0 Å². The molecule has 18 heteroatoms. The van der Waals surface area contributed by atoms with Crippen molar-refractivity contribution in [2.24, 2.45) is 15.0 Å². The predicted octanol–water partition coefficient (Wildman–Crippen LogP) is 14.6. The Bertz CT molecular complexity index is 4360. The molecular weight excluding hydrogens is 1280 g/mol. The molecule has 2 aromatic heterocycles. The summed E-state index contributed by atoms with van der Waals surface area (Å²) in [6, 6.07) is 52.1. The largest absolute Gasteiger partial charge is 3.00 e. The molecule has 5 aromatic carbocycles. The average Bonchev–Trinajstić information content (AvgIpc) is 1.45. The van der Waals surface area contributed by atoms with Gasteiger partial charge in [0.05, 0.1) is 48.5 Å². The van der Waals surface area contributed by atoms with Gasteiger partial charge in [-0.1, -0.05) is 60.7 Å². The topological polar surface area (TPSA) is 173 Å². The molecule has 11 rings (SSSR count). The van der Waals surface area contributed by atoms with Gasteiger partial charge in [0.25, 0.3) is 5.91 Å². The minimum absolute atomic E-state index is 0. The first-order valence-corrected chi connectivity index (χ1v) is 33.1. The Kier molecular flexibility index (Phi) is 24.7. The third kappa shape index (κ3) is 14.7. The molecule has 497 valence electrons. The van der Waals surface area contributed by atoms with Gasteiger partial charge in [-0.2, -0.15) is 0 Å². The number of carbonyl (C=O) groups is 3. The summed E-state index contributed by atoms with van der Waals surface area (Å²) >= 11 is 0. The first-order valence-electron chi connectivity index (χ1n) is 33.1. The van der Waals surface area contributed by atoms with E-state index in [9.17, 15) is 19.5 Å². The Hall–Kier alpha value is -9.05. The molecule has 0 fully saturated rings. The molecule has 5 heterocycles. The Morgan fingerprint density at radius 2 is 1.02 bits per heavy atom. The van der Waals surface area contributed by atoms with Crippen LogP contribution in [-0.2, 0) is 39.7 Å². The number of pyridine rings is 2. The SMILES string of the molecule is CCN(CC)c1ccc2c(-c3ccccc3C(O)=NCCN=C(C)c3cccc(C(C)=O)n3)c3ccc(=[N+](CC)CC)cc-3oc2c1.CCN(CC)c1ccc2c(c1)Oc1cc(N(CC)CC)ccc1C21c2ccccc2C(=O)N1CCN=C(C)c1cccc(C(C)=O)n1.[Fe+3].[Fe]. The summed E-state index contributed by atoms with van der Waals surface area (Å²) < 4.78 is 15.7. The fourth-order valence-electron chi connectivity index (χ4n) is 13.1. The number of amides is 1. The second-order valence-corrected chi connectivity index (χ2v) is 23.3. The summed E-state index contributed by atoms with van der Waals surface area (Å²) in [5.41, 5.74) is 13.6. The van der Waals surface area contributed by atoms with Crippen molar-refractivity contribution in [3.63, 3.8) is 0 Å². The molecule has 0 saturated heterocycles. The number of rotatable bonds is 23. The Labute approximate surface area is 585 Å². The van der Waals surface area contributed by atoms with Crippen molar-refractivity contribution in [3.8, 4) is 33.9 Å². The van der Waals surface area contributed by atoms with E-state index in [0.717, 1.165) is 136 Å². The van der Waals surface area contributed by atoms with Gasteiger partial charge in [-0.3, -0.25) is 24.4 Å². The van der Waals surface area contributed by atoms with Gasteiger partial charge < -0.3 is 33.9 Å². The molecule has 3 aliphatic heterocycles. The number of aliphatic imine (C=N–C) groups is 3. The Morgan fingerprint density at radius 1 is 0.531 bits per heavy atom. The van der Waals surface area contributed by atoms with Crippen LogP contribution in [0.4, 0.5) is 17.1 Å². The third-order valence-corrected chi connectivity index (χ3v) is 18.1. The number of aromatic nitrogens is 2. The first-order chi connectivity index (χ1) is 45.6. The van der Waals surface area contributed by atoms with Crippen LogP contribution in [0.15, 0.2) is 177 Å². The van der Waals surface area contributed by atoms with Gasteiger partial charge in [-0.25, -0.2) is 19.5 Å². The van der Waals surface area contributed by atoms with E-state index in [2.05, 4.69) is 173 Å². The summed E-state index contributed by atoms with van der Waals surface area (Å²) in [7, 11) is 0. The van der Waals surface area contributed by atoms with Crippen LogP contribution < -0.4 is 29.4 Å². The van der Waals surface area contributed by atoms with E-state index in [1.807, 2.05) is 79.4 Å². The third-order valence-electron chi connectivity index (χ3n) is 18.1. The number of carbonyl (C=O) groups excluding carboxylic acids is 3. The zero-order valence-corrected chi connectivity index (χ0v) is 59.4. The van der Waals surface area contributed by atoms with Gasteiger partial charge in [0.2, 0.25) is 11.3 Å². The van der Waals surface area contributed by atoms with E-state index in [0.29, 0.717) is 65.0 Å². The van der Waals surface area contributed by atoms with Crippen LogP contribution in [0.3, 0.4) is 0 Å². The van der Waals surface area contributed by atoms with Crippen molar-refractivity contribution in [1.29, 1.82) is 0 Å². The van der Waals surface area contributed by atoms with E-state index >= 15 is 0 Å². The van der Waals surface area contributed by atoms with Crippen LogP contribution in [-0.4, -0.2) is 133 Å². The molecule has 1 aliphatic carbocycles. The number of nitrogens with zero attached hydrogens (tertiary/aromatic N) is 10. The van der Waals surface area contributed by atoms with Crippen molar-refractivity contribution in [2.75, 3.05) is 93.2 Å². The zero-order chi connectivity index (χ0) is 66.8. The molecule has 7 aromatic rings. The van der Waals surface area contributed by atoms with Crippen molar-refractivity contribution >= 4 is 62.8 Å². The molecule has 96 heavy (non-hydrogen) atoms. The molecule has 1 amide bonds. The maximum Gasteiger partial charge on any atom is 3.00 e. The number of Topliss-reactive ketones (excluding diaryl/α,β-unsaturated/α-hetero) is 2. The first kappa shape index (κ1) is 72.8. The summed E-state index contributed by atoms with van der Waals surface area (Å²) in [6.45, 7) is 32.4. The van der Waals surface area contributed by atoms with E-state index in [-0.39, 0.29) is 64.1 Å². The van der Waals surface area contributed by atoms with Crippen LogP contribution in [0, 0.1) is 0 Å². The Balaban J connectivity index is 0.000000241.